The maximum Gasteiger partial charge on any atom is 0.279 e. The lowest BCUT2D eigenvalue weighted by Crippen LogP contribution is -2.42. The Morgan fingerprint density at radius 3 is 2.15 bits per heavy atom. The van der Waals surface area contributed by atoms with E-state index >= 15 is 0 Å². The van der Waals surface area contributed by atoms with Crippen LogP contribution in [0.3, 0.4) is 0 Å². The van der Waals surface area contributed by atoms with Gasteiger partial charge in [0.05, 0.1) is 14.0 Å². The summed E-state index contributed by atoms with van der Waals surface area (Å²) in [7, 11) is 0. The van der Waals surface area contributed by atoms with Crippen LogP contribution in [0.5, 0.6) is 11.5 Å². The highest BCUT2D eigenvalue weighted by Gasteiger charge is 2.46. The largest absolute Gasteiger partial charge is 0.506 e. The molecule has 0 aliphatic carbocycles. The average molecular weight is 503 g/mol. The fourth-order valence-electron chi connectivity index (χ4n) is 4.59. The number of hydrazine groups is 1. The lowest BCUT2D eigenvalue weighted by atomic mass is 9.93. The second kappa shape index (κ2) is 9.53. The Kier molecular flexibility index (Phi) is 7.02. The van der Waals surface area contributed by atoms with Gasteiger partial charge >= 0.3 is 0 Å². The van der Waals surface area contributed by atoms with Gasteiger partial charge in [-0.2, -0.15) is 0 Å². The summed E-state index contributed by atoms with van der Waals surface area (Å²) in [6.45, 7) is 15.3. The summed E-state index contributed by atoms with van der Waals surface area (Å²) in [5.74, 6) is 0.509. The van der Waals surface area contributed by atoms with Crippen molar-refractivity contribution in [2.45, 2.75) is 88.5 Å². The first-order valence-electron chi connectivity index (χ1n) is 12.1. The summed E-state index contributed by atoms with van der Waals surface area (Å²) in [6, 6.07) is 0. The standard InChI is InChI=1S/C26H34N2O4S2/c1-7-9-11-27-23(30)18(24(31)28(27)12-10-8-2)25-33-21-19(29)16(13-15(3)4)17-14-26(5,6)32-20(17)22(21)34-25/h29H,3,7-14H2,1-2,4-6H3. The number of unbranched alkanes of at least 4 members (excludes halogenated alkanes) is 2. The van der Waals surface area contributed by atoms with Crippen molar-refractivity contribution in [2.24, 2.45) is 0 Å². The fraction of sp³-hybridized carbons (Fsp3) is 0.538. The van der Waals surface area contributed by atoms with Gasteiger partial charge in [-0.3, -0.25) is 9.59 Å². The molecule has 34 heavy (non-hydrogen) atoms. The van der Waals surface area contributed by atoms with Gasteiger partial charge in [0.1, 0.15) is 22.7 Å². The molecule has 0 atom stereocenters. The number of nitrogens with zero attached hydrogens (tertiary/aromatic N) is 2. The smallest absolute Gasteiger partial charge is 0.279 e. The normalized spacial score (nSPS) is 18.6. The van der Waals surface area contributed by atoms with E-state index < -0.39 is 0 Å². The minimum Gasteiger partial charge on any atom is -0.506 e. The zero-order valence-corrected chi connectivity index (χ0v) is 22.4. The van der Waals surface area contributed by atoms with Gasteiger partial charge in [0, 0.05) is 30.6 Å². The van der Waals surface area contributed by atoms with Crippen LogP contribution in [0.25, 0.3) is 0 Å². The molecule has 0 saturated carbocycles. The van der Waals surface area contributed by atoms with E-state index in [0.717, 1.165) is 53.0 Å². The van der Waals surface area contributed by atoms with Crippen molar-refractivity contribution in [2.75, 3.05) is 13.1 Å². The van der Waals surface area contributed by atoms with Crippen molar-refractivity contribution < 1.29 is 19.4 Å². The lowest BCUT2D eigenvalue weighted by Gasteiger charge is -2.27. The van der Waals surface area contributed by atoms with Crippen LogP contribution in [0.1, 0.15) is 71.4 Å². The zero-order valence-electron chi connectivity index (χ0n) is 20.7. The molecule has 0 unspecified atom stereocenters. The van der Waals surface area contributed by atoms with Gasteiger partial charge in [0.2, 0.25) is 0 Å². The number of amides is 2. The van der Waals surface area contributed by atoms with Crippen LogP contribution in [0.15, 0.2) is 31.8 Å². The fourth-order valence-corrected chi connectivity index (χ4v) is 7.28. The molecule has 4 rings (SSSR count). The Morgan fingerprint density at radius 1 is 1.06 bits per heavy atom. The van der Waals surface area contributed by atoms with Crippen molar-refractivity contribution in [3.05, 3.63) is 33.1 Å². The van der Waals surface area contributed by atoms with Crippen LogP contribution in [-0.4, -0.2) is 45.6 Å². The summed E-state index contributed by atoms with van der Waals surface area (Å²) in [5, 5.41) is 14.5. The van der Waals surface area contributed by atoms with Crippen LogP contribution in [0.2, 0.25) is 0 Å². The molecule has 1 aromatic carbocycles. The van der Waals surface area contributed by atoms with E-state index in [9.17, 15) is 14.7 Å². The number of carbonyl (C=O) groups is 2. The summed E-state index contributed by atoms with van der Waals surface area (Å²) >= 11 is 2.70. The summed E-state index contributed by atoms with van der Waals surface area (Å²) in [6.07, 6.45) is 4.82. The molecule has 0 aromatic heterocycles. The second-order valence-corrected chi connectivity index (χ2v) is 12.2. The van der Waals surface area contributed by atoms with Gasteiger partial charge in [0.25, 0.3) is 11.8 Å². The number of phenolic OH excluding ortho intramolecular Hbond substituents is 1. The molecule has 6 nitrogen and oxygen atoms in total. The lowest BCUT2D eigenvalue weighted by molar-refractivity contribution is -0.147. The predicted octanol–water partition coefficient (Wildman–Crippen LogP) is 5.82. The molecule has 3 aliphatic heterocycles. The van der Waals surface area contributed by atoms with Gasteiger partial charge in [0.15, 0.2) is 0 Å². The summed E-state index contributed by atoms with van der Waals surface area (Å²) in [4.78, 5) is 28.4. The third-order valence-electron chi connectivity index (χ3n) is 6.24. The first-order chi connectivity index (χ1) is 16.1. The molecule has 3 aliphatic rings. The molecule has 1 aromatic rings. The predicted molar refractivity (Wildman–Crippen MR) is 137 cm³/mol. The zero-order chi connectivity index (χ0) is 24.8. The van der Waals surface area contributed by atoms with Crippen LogP contribution in [0, 0.1) is 0 Å². The van der Waals surface area contributed by atoms with Crippen molar-refractivity contribution in [1.29, 1.82) is 0 Å². The second-order valence-electron chi connectivity index (χ2n) is 9.90. The van der Waals surface area contributed by atoms with Crippen molar-refractivity contribution >= 4 is 35.3 Å². The van der Waals surface area contributed by atoms with Gasteiger partial charge < -0.3 is 9.84 Å². The molecular formula is C26H34N2O4S2. The maximum absolute atomic E-state index is 13.4. The number of thioether (sulfide) groups is 2. The van der Waals surface area contributed by atoms with E-state index in [1.807, 2.05) is 20.8 Å². The molecule has 2 amide bonds. The minimum absolute atomic E-state index is 0.213. The molecule has 1 fully saturated rings. The molecule has 0 spiro atoms. The molecule has 184 valence electrons. The average Bonchev–Trinajstić information content (AvgIpc) is 3.40. The Balaban J connectivity index is 1.77. The highest BCUT2D eigenvalue weighted by atomic mass is 32.2. The van der Waals surface area contributed by atoms with Gasteiger partial charge in [-0.05, 0) is 40.0 Å². The third kappa shape index (κ3) is 4.35. The van der Waals surface area contributed by atoms with Crippen molar-refractivity contribution in [3.8, 4) is 11.5 Å². The number of ether oxygens (including phenoxy) is 1. The van der Waals surface area contributed by atoms with Crippen LogP contribution in [-0.2, 0) is 22.4 Å². The Hall–Kier alpha value is -2.06. The third-order valence-corrected chi connectivity index (χ3v) is 8.84. The van der Waals surface area contributed by atoms with Gasteiger partial charge in [-0.1, -0.05) is 62.4 Å². The van der Waals surface area contributed by atoms with Crippen LogP contribution < -0.4 is 4.74 Å². The number of aromatic hydroxyl groups is 1. The Labute approximate surface area is 210 Å². The molecule has 0 bridgehead atoms. The number of fused-ring (bicyclic) bond motifs is 3. The van der Waals surface area contributed by atoms with Crippen molar-refractivity contribution in [1.82, 2.24) is 10.0 Å². The topological polar surface area (TPSA) is 70.1 Å². The quantitative estimate of drug-likeness (QED) is 0.274. The molecule has 1 saturated heterocycles. The van der Waals surface area contributed by atoms with E-state index in [0.29, 0.717) is 35.1 Å². The number of benzene rings is 1. The van der Waals surface area contributed by atoms with Crippen molar-refractivity contribution in [3.63, 3.8) is 0 Å². The first-order valence-corrected chi connectivity index (χ1v) is 13.7. The summed E-state index contributed by atoms with van der Waals surface area (Å²) in [5.41, 5.74) is 2.62. The number of carbonyl (C=O) groups excluding carboxylic acids is 2. The van der Waals surface area contributed by atoms with Crippen LogP contribution >= 0.6 is 23.5 Å². The number of hydrogen-bond donors (Lipinski definition) is 1. The Bertz CT molecular complexity index is 1070. The van der Waals surface area contributed by atoms with E-state index in [4.69, 9.17) is 4.74 Å². The number of rotatable bonds is 8. The number of phenols is 1. The minimum atomic E-state index is -0.387. The number of hydrogen-bond acceptors (Lipinski definition) is 6. The molecule has 0 radical (unpaired) electrons. The van der Waals surface area contributed by atoms with Crippen LogP contribution in [0.4, 0.5) is 0 Å². The van der Waals surface area contributed by atoms with E-state index in [1.54, 1.807) is 10.0 Å². The molecule has 8 heteroatoms. The van der Waals surface area contributed by atoms with E-state index in [2.05, 4.69) is 20.4 Å². The molecule has 1 N–H and O–H groups in total. The Morgan fingerprint density at radius 2 is 1.62 bits per heavy atom. The first kappa shape index (κ1) is 25.0. The van der Waals surface area contributed by atoms with Gasteiger partial charge in [-0.25, -0.2) is 10.0 Å². The molecular weight excluding hydrogens is 468 g/mol. The SMILES string of the molecule is C=C(C)Cc1c(O)c2c(c3c1CC(C)(C)O3)SC(=C1C(=O)N(CCCC)N(CCCC)C1=O)S2. The highest BCUT2D eigenvalue weighted by Crippen LogP contribution is 2.63. The molecule has 3 heterocycles. The van der Waals surface area contributed by atoms with E-state index in [-0.39, 0.29) is 28.7 Å². The highest BCUT2D eigenvalue weighted by molar-refractivity contribution is 8.25. The van der Waals surface area contributed by atoms with Gasteiger partial charge in [-0.15, -0.1) is 0 Å². The monoisotopic (exact) mass is 502 g/mol. The maximum atomic E-state index is 13.4. The number of allylic oxidation sites excluding steroid dienone is 1. The van der Waals surface area contributed by atoms with E-state index in [1.165, 1.54) is 23.5 Å². The summed E-state index contributed by atoms with van der Waals surface area (Å²) < 4.78 is 6.97.